The molecule has 0 aliphatic heterocycles. The third kappa shape index (κ3) is 6.95. The zero-order valence-electron chi connectivity index (χ0n) is 14.3. The van der Waals surface area contributed by atoms with Crippen LogP contribution in [0.5, 0.6) is 0 Å². The van der Waals surface area contributed by atoms with Crippen LogP contribution in [-0.2, 0) is 0 Å². The molecule has 1 aliphatic rings. The van der Waals surface area contributed by atoms with E-state index in [4.69, 9.17) is 0 Å². The Hall–Kier alpha value is -1.08. The third-order valence-electron chi connectivity index (χ3n) is 4.52. The van der Waals surface area contributed by atoms with Gasteiger partial charge in [-0.3, -0.25) is 0 Å². The molecule has 21 heavy (non-hydrogen) atoms. The summed E-state index contributed by atoms with van der Waals surface area (Å²) in [6.45, 7) is 12.7. The monoisotopic (exact) mass is 288 g/mol. The molecule has 0 amide bonds. The highest BCUT2D eigenvalue weighted by molar-refractivity contribution is 5.12. The van der Waals surface area contributed by atoms with E-state index in [-0.39, 0.29) is 6.10 Å². The number of hydrogen-bond donors (Lipinski definition) is 1. The average molecular weight is 288 g/mol. The predicted octanol–water partition coefficient (Wildman–Crippen LogP) is 5.73. The van der Waals surface area contributed by atoms with E-state index in [1.54, 1.807) is 0 Å². The summed E-state index contributed by atoms with van der Waals surface area (Å²) in [6, 6.07) is 0. The van der Waals surface area contributed by atoms with Gasteiger partial charge in [-0.2, -0.15) is 0 Å². The van der Waals surface area contributed by atoms with Crippen LogP contribution < -0.4 is 0 Å². The minimum Gasteiger partial charge on any atom is -0.389 e. The standard InChI is InChI=1S/C20H32O/c1-15(2)19-13-12-17(4)9-6-8-16(3)10-7-11-18(5)20(21)14-19/h8,11-12,19-21H,1,6-7,9-10,13-14H2,2-5H3/b16-8+,17-12?,18-11+. The van der Waals surface area contributed by atoms with Crippen LogP contribution in [0.25, 0.3) is 0 Å². The van der Waals surface area contributed by atoms with E-state index in [9.17, 15) is 5.11 Å². The van der Waals surface area contributed by atoms with Gasteiger partial charge in [0.05, 0.1) is 6.10 Å². The normalized spacial score (nSPS) is 31.2. The number of hydrogen-bond acceptors (Lipinski definition) is 1. The van der Waals surface area contributed by atoms with E-state index in [1.807, 2.05) is 6.92 Å². The highest BCUT2D eigenvalue weighted by Crippen LogP contribution is 2.25. The van der Waals surface area contributed by atoms with Crippen LogP contribution in [0.2, 0.25) is 0 Å². The Bertz CT molecular complexity index is 437. The Morgan fingerprint density at radius 3 is 2.24 bits per heavy atom. The van der Waals surface area contributed by atoms with Gasteiger partial charge in [-0.15, -0.1) is 0 Å². The second-order valence-corrected chi connectivity index (χ2v) is 6.66. The van der Waals surface area contributed by atoms with Gasteiger partial charge in [0.1, 0.15) is 0 Å². The molecule has 0 radical (unpaired) electrons. The summed E-state index contributed by atoms with van der Waals surface area (Å²) in [4.78, 5) is 0. The number of allylic oxidation sites excluding steroid dienone is 6. The summed E-state index contributed by atoms with van der Waals surface area (Å²) < 4.78 is 0. The molecule has 0 bridgehead atoms. The lowest BCUT2D eigenvalue weighted by atomic mass is 9.88. The Balaban J connectivity index is 2.89. The second-order valence-electron chi connectivity index (χ2n) is 6.66. The van der Waals surface area contributed by atoms with Crippen LogP contribution in [0.3, 0.4) is 0 Å². The maximum absolute atomic E-state index is 10.4. The van der Waals surface area contributed by atoms with Crippen LogP contribution in [0.4, 0.5) is 0 Å². The summed E-state index contributed by atoms with van der Waals surface area (Å²) in [5.74, 6) is 0.374. The molecule has 118 valence electrons. The maximum Gasteiger partial charge on any atom is 0.0753 e. The molecule has 2 unspecified atom stereocenters. The molecule has 1 nitrogen and oxygen atoms in total. The van der Waals surface area contributed by atoms with Crippen molar-refractivity contribution in [2.45, 2.75) is 72.3 Å². The fourth-order valence-electron chi connectivity index (χ4n) is 2.71. The highest BCUT2D eigenvalue weighted by Gasteiger charge is 2.15. The van der Waals surface area contributed by atoms with Crippen LogP contribution in [-0.4, -0.2) is 11.2 Å². The minimum atomic E-state index is -0.340. The van der Waals surface area contributed by atoms with Gasteiger partial charge in [0.25, 0.3) is 0 Å². The van der Waals surface area contributed by atoms with Gasteiger partial charge in [-0.05, 0) is 77.7 Å². The van der Waals surface area contributed by atoms with Gasteiger partial charge in [0.2, 0.25) is 0 Å². The van der Waals surface area contributed by atoms with Gasteiger partial charge >= 0.3 is 0 Å². The van der Waals surface area contributed by atoms with Crippen LogP contribution in [0.15, 0.2) is 47.1 Å². The van der Waals surface area contributed by atoms with Crippen LogP contribution >= 0.6 is 0 Å². The summed E-state index contributed by atoms with van der Waals surface area (Å²) in [5, 5.41) is 10.4. The average Bonchev–Trinajstić information content (AvgIpc) is 2.41. The summed E-state index contributed by atoms with van der Waals surface area (Å²) in [5.41, 5.74) is 5.18. The molecule has 0 saturated heterocycles. The SMILES string of the molecule is C=C(C)C1CC=C(C)CC/C=C(\C)CC/C=C(\C)C(O)C1. The van der Waals surface area contributed by atoms with E-state index in [0.717, 1.165) is 44.1 Å². The molecule has 0 aromatic rings. The summed E-state index contributed by atoms with van der Waals surface area (Å²) >= 11 is 0. The molecule has 0 fully saturated rings. The van der Waals surface area contributed by atoms with Crippen LogP contribution in [0.1, 0.15) is 66.2 Å². The van der Waals surface area contributed by atoms with E-state index in [0.29, 0.717) is 5.92 Å². The topological polar surface area (TPSA) is 20.2 Å². The van der Waals surface area contributed by atoms with E-state index in [2.05, 4.69) is 45.6 Å². The molecule has 2 atom stereocenters. The number of rotatable bonds is 1. The molecule has 0 spiro atoms. The largest absolute Gasteiger partial charge is 0.389 e. The molecule has 1 aliphatic carbocycles. The van der Waals surface area contributed by atoms with Gasteiger partial charge < -0.3 is 5.11 Å². The van der Waals surface area contributed by atoms with Crippen molar-refractivity contribution < 1.29 is 5.11 Å². The van der Waals surface area contributed by atoms with Gasteiger partial charge in [0, 0.05) is 0 Å². The second kappa shape index (κ2) is 9.04. The number of aliphatic hydroxyl groups is 1. The van der Waals surface area contributed by atoms with E-state index >= 15 is 0 Å². The lowest BCUT2D eigenvalue weighted by Crippen LogP contribution is -2.15. The minimum absolute atomic E-state index is 0.340. The van der Waals surface area contributed by atoms with E-state index < -0.39 is 0 Å². The predicted molar refractivity (Wildman–Crippen MR) is 93.3 cm³/mol. The first-order chi connectivity index (χ1) is 9.90. The lowest BCUT2D eigenvalue weighted by molar-refractivity contribution is 0.182. The summed E-state index contributed by atoms with van der Waals surface area (Å²) in [7, 11) is 0. The maximum atomic E-state index is 10.4. The van der Waals surface area contributed by atoms with Crippen molar-refractivity contribution in [3.8, 4) is 0 Å². The van der Waals surface area contributed by atoms with E-state index in [1.165, 1.54) is 16.7 Å². The Morgan fingerprint density at radius 2 is 1.62 bits per heavy atom. The fraction of sp³-hybridized carbons (Fsp3) is 0.600. The first-order valence-electron chi connectivity index (χ1n) is 8.21. The van der Waals surface area contributed by atoms with Crippen molar-refractivity contribution in [3.05, 3.63) is 47.1 Å². The Kier molecular flexibility index (Phi) is 7.74. The lowest BCUT2D eigenvalue weighted by Gasteiger charge is -2.21. The van der Waals surface area contributed by atoms with Crippen molar-refractivity contribution in [3.63, 3.8) is 0 Å². The fourth-order valence-corrected chi connectivity index (χ4v) is 2.71. The molecular formula is C20H32O. The molecule has 1 heteroatoms. The van der Waals surface area contributed by atoms with Gasteiger partial charge in [-0.1, -0.05) is 41.5 Å². The first kappa shape index (κ1) is 18.0. The van der Waals surface area contributed by atoms with Crippen molar-refractivity contribution >= 4 is 0 Å². The van der Waals surface area contributed by atoms with Crippen LogP contribution in [0, 0.1) is 5.92 Å². The smallest absolute Gasteiger partial charge is 0.0753 e. The van der Waals surface area contributed by atoms with Crippen molar-refractivity contribution in [1.29, 1.82) is 0 Å². The zero-order valence-corrected chi connectivity index (χ0v) is 14.3. The van der Waals surface area contributed by atoms with Crippen molar-refractivity contribution in [2.24, 2.45) is 5.92 Å². The molecule has 1 rings (SSSR count). The Morgan fingerprint density at radius 1 is 1.05 bits per heavy atom. The molecular weight excluding hydrogens is 256 g/mol. The quantitative estimate of drug-likeness (QED) is 0.611. The van der Waals surface area contributed by atoms with Crippen molar-refractivity contribution in [2.75, 3.05) is 0 Å². The first-order valence-corrected chi connectivity index (χ1v) is 8.21. The molecule has 0 aromatic carbocycles. The third-order valence-corrected chi connectivity index (χ3v) is 4.52. The summed E-state index contributed by atoms with van der Waals surface area (Å²) in [6.07, 6.45) is 12.7. The zero-order chi connectivity index (χ0) is 15.8. The molecule has 0 heterocycles. The molecule has 1 N–H and O–H groups in total. The molecule has 0 saturated carbocycles. The van der Waals surface area contributed by atoms with Gasteiger partial charge in [0.15, 0.2) is 0 Å². The highest BCUT2D eigenvalue weighted by atomic mass is 16.3. The number of aliphatic hydroxyl groups excluding tert-OH is 1. The Labute approximate surface area is 131 Å². The van der Waals surface area contributed by atoms with Gasteiger partial charge in [-0.25, -0.2) is 0 Å². The van der Waals surface area contributed by atoms with Crippen molar-refractivity contribution in [1.82, 2.24) is 0 Å². The molecule has 0 aromatic heterocycles.